The Kier molecular flexibility index (Phi) is 3.18. The van der Waals surface area contributed by atoms with Crippen LogP contribution < -0.4 is 5.73 Å². The molecule has 0 aromatic carbocycles. The van der Waals surface area contributed by atoms with Gasteiger partial charge in [-0.15, -0.1) is 0 Å². The van der Waals surface area contributed by atoms with Gasteiger partial charge >= 0.3 is 0 Å². The fourth-order valence-corrected chi connectivity index (χ4v) is 1.97. The summed E-state index contributed by atoms with van der Waals surface area (Å²) in [7, 11) is 0. The van der Waals surface area contributed by atoms with Crippen molar-refractivity contribution in [3.8, 4) is 0 Å². The maximum Gasteiger partial charge on any atom is 0.129 e. The van der Waals surface area contributed by atoms with E-state index < -0.39 is 6.10 Å². The van der Waals surface area contributed by atoms with Gasteiger partial charge in [0.25, 0.3) is 0 Å². The van der Waals surface area contributed by atoms with Gasteiger partial charge in [0.2, 0.25) is 0 Å². The summed E-state index contributed by atoms with van der Waals surface area (Å²) in [6, 6.07) is 3.64. The van der Waals surface area contributed by atoms with Gasteiger partial charge in [-0.1, -0.05) is 6.07 Å². The lowest BCUT2D eigenvalue weighted by Gasteiger charge is -2.27. The third kappa shape index (κ3) is 2.27. The van der Waals surface area contributed by atoms with Crippen molar-refractivity contribution in [3.05, 3.63) is 23.9 Å². The first-order valence-electron chi connectivity index (χ1n) is 5.25. The molecule has 1 aliphatic heterocycles. The van der Waals surface area contributed by atoms with Gasteiger partial charge in [-0.3, -0.25) is 0 Å². The molecule has 1 atom stereocenters. The Hall–Kier alpha value is -1.13. The van der Waals surface area contributed by atoms with Crippen molar-refractivity contribution in [2.24, 2.45) is 5.92 Å². The summed E-state index contributed by atoms with van der Waals surface area (Å²) in [6.45, 7) is 1.45. The van der Waals surface area contributed by atoms with E-state index in [4.69, 9.17) is 10.5 Å². The highest BCUT2D eigenvalue weighted by atomic mass is 16.5. The van der Waals surface area contributed by atoms with Crippen LogP contribution in [-0.2, 0) is 4.74 Å². The molecule has 1 aromatic heterocycles. The third-order valence-corrected chi connectivity index (χ3v) is 2.90. The fraction of sp³-hybridized carbons (Fsp3) is 0.545. The predicted octanol–water partition coefficient (Wildman–Crippen LogP) is 1.12. The number of rotatable bonds is 2. The maximum atomic E-state index is 10.2. The molecular weight excluding hydrogens is 192 g/mol. The Balaban J connectivity index is 2.12. The largest absolute Gasteiger partial charge is 0.388 e. The summed E-state index contributed by atoms with van der Waals surface area (Å²) in [5.74, 6) is 0.668. The quantitative estimate of drug-likeness (QED) is 0.764. The minimum atomic E-state index is -0.511. The van der Waals surface area contributed by atoms with E-state index in [1.165, 1.54) is 0 Å². The number of nitrogen functional groups attached to an aromatic ring is 1. The molecule has 2 rings (SSSR count). The number of anilines is 1. The average Bonchev–Trinajstić information content (AvgIpc) is 2.30. The molecule has 3 N–H and O–H groups in total. The minimum absolute atomic E-state index is 0.241. The van der Waals surface area contributed by atoms with Crippen molar-refractivity contribution in [1.29, 1.82) is 0 Å². The molecule has 0 amide bonds. The van der Waals surface area contributed by atoms with E-state index in [0.717, 1.165) is 31.6 Å². The van der Waals surface area contributed by atoms with E-state index in [-0.39, 0.29) is 5.92 Å². The van der Waals surface area contributed by atoms with Crippen LogP contribution in [0.2, 0.25) is 0 Å². The van der Waals surface area contributed by atoms with Crippen molar-refractivity contribution >= 4 is 5.82 Å². The molecule has 1 aliphatic rings. The second-order valence-electron chi connectivity index (χ2n) is 3.87. The summed E-state index contributed by atoms with van der Waals surface area (Å²) < 4.78 is 5.26. The highest BCUT2D eigenvalue weighted by molar-refractivity contribution is 5.40. The van der Waals surface area contributed by atoms with Gasteiger partial charge in [0.05, 0.1) is 6.10 Å². The van der Waals surface area contributed by atoms with Crippen molar-refractivity contribution in [1.82, 2.24) is 4.98 Å². The third-order valence-electron chi connectivity index (χ3n) is 2.90. The molecule has 1 unspecified atom stereocenters. The summed E-state index contributed by atoms with van der Waals surface area (Å²) >= 11 is 0. The smallest absolute Gasteiger partial charge is 0.129 e. The van der Waals surface area contributed by atoms with E-state index in [1.54, 1.807) is 12.3 Å². The zero-order chi connectivity index (χ0) is 10.7. The number of pyridine rings is 1. The maximum absolute atomic E-state index is 10.2. The van der Waals surface area contributed by atoms with E-state index >= 15 is 0 Å². The Labute approximate surface area is 89.1 Å². The minimum Gasteiger partial charge on any atom is -0.388 e. The number of nitrogens with two attached hydrogens (primary N) is 1. The van der Waals surface area contributed by atoms with Crippen molar-refractivity contribution in [2.75, 3.05) is 18.9 Å². The summed E-state index contributed by atoms with van der Waals surface area (Å²) in [4.78, 5) is 3.98. The van der Waals surface area contributed by atoms with Gasteiger partial charge in [-0.05, 0) is 24.8 Å². The molecule has 0 bridgehead atoms. The second kappa shape index (κ2) is 4.59. The number of aliphatic hydroxyl groups is 1. The van der Waals surface area contributed by atoms with Gasteiger partial charge in [-0.25, -0.2) is 4.98 Å². The van der Waals surface area contributed by atoms with Crippen LogP contribution in [0.3, 0.4) is 0 Å². The first kappa shape index (κ1) is 10.4. The van der Waals surface area contributed by atoms with Crippen LogP contribution in [0.1, 0.15) is 24.5 Å². The van der Waals surface area contributed by atoms with Gasteiger partial charge < -0.3 is 15.6 Å². The molecule has 82 valence electrons. The average molecular weight is 208 g/mol. The molecule has 2 heterocycles. The van der Waals surface area contributed by atoms with Gasteiger partial charge in [0, 0.05) is 25.0 Å². The van der Waals surface area contributed by atoms with Crippen LogP contribution in [0.4, 0.5) is 5.82 Å². The number of aliphatic hydroxyl groups excluding tert-OH is 1. The normalized spacial score (nSPS) is 20.1. The lowest BCUT2D eigenvalue weighted by molar-refractivity contribution is 0.00736. The van der Waals surface area contributed by atoms with E-state index in [2.05, 4.69) is 4.98 Å². The van der Waals surface area contributed by atoms with Gasteiger partial charge in [0.1, 0.15) is 5.82 Å². The second-order valence-corrected chi connectivity index (χ2v) is 3.87. The zero-order valence-corrected chi connectivity index (χ0v) is 8.60. The molecule has 0 aliphatic carbocycles. The van der Waals surface area contributed by atoms with Gasteiger partial charge in [-0.2, -0.15) is 0 Å². The molecule has 1 fully saturated rings. The summed E-state index contributed by atoms with van der Waals surface area (Å²) in [6.07, 6.45) is 2.89. The molecular formula is C11H16N2O2. The Bertz CT molecular complexity index is 324. The van der Waals surface area contributed by atoms with Crippen molar-refractivity contribution < 1.29 is 9.84 Å². The van der Waals surface area contributed by atoms with Crippen LogP contribution in [-0.4, -0.2) is 23.3 Å². The lowest BCUT2D eigenvalue weighted by Crippen LogP contribution is -2.22. The standard InChI is InChI=1S/C11H16N2O2/c12-11-9(2-1-5-13-11)10(14)8-3-6-15-7-4-8/h1-2,5,8,10,14H,3-4,6-7H2,(H2,12,13). The molecule has 15 heavy (non-hydrogen) atoms. The molecule has 0 radical (unpaired) electrons. The highest BCUT2D eigenvalue weighted by Crippen LogP contribution is 2.31. The number of aromatic nitrogens is 1. The molecule has 0 spiro atoms. The van der Waals surface area contributed by atoms with Crippen LogP contribution in [0, 0.1) is 5.92 Å². The van der Waals surface area contributed by atoms with E-state index in [9.17, 15) is 5.11 Å². The summed E-state index contributed by atoms with van der Waals surface area (Å²) in [5, 5.41) is 10.2. The van der Waals surface area contributed by atoms with E-state index in [1.807, 2.05) is 6.07 Å². The highest BCUT2D eigenvalue weighted by Gasteiger charge is 2.24. The zero-order valence-electron chi connectivity index (χ0n) is 8.60. The molecule has 1 saturated heterocycles. The fourth-order valence-electron chi connectivity index (χ4n) is 1.97. The topological polar surface area (TPSA) is 68.4 Å². The SMILES string of the molecule is Nc1ncccc1C(O)C1CCOCC1. The van der Waals surface area contributed by atoms with Gasteiger partial charge in [0.15, 0.2) is 0 Å². The van der Waals surface area contributed by atoms with Crippen LogP contribution in [0.5, 0.6) is 0 Å². The van der Waals surface area contributed by atoms with Crippen molar-refractivity contribution in [3.63, 3.8) is 0 Å². The number of ether oxygens (including phenoxy) is 1. The number of hydrogen-bond acceptors (Lipinski definition) is 4. The molecule has 4 heteroatoms. The first-order chi connectivity index (χ1) is 7.29. The van der Waals surface area contributed by atoms with Crippen LogP contribution >= 0.6 is 0 Å². The van der Waals surface area contributed by atoms with Crippen LogP contribution in [0.25, 0.3) is 0 Å². The predicted molar refractivity (Wildman–Crippen MR) is 57.2 cm³/mol. The Morgan fingerprint density at radius 2 is 2.20 bits per heavy atom. The van der Waals surface area contributed by atoms with Crippen LogP contribution in [0.15, 0.2) is 18.3 Å². The number of nitrogens with zero attached hydrogens (tertiary/aromatic N) is 1. The molecule has 4 nitrogen and oxygen atoms in total. The molecule has 1 aromatic rings. The lowest BCUT2D eigenvalue weighted by atomic mass is 9.90. The van der Waals surface area contributed by atoms with Crippen molar-refractivity contribution in [2.45, 2.75) is 18.9 Å². The number of hydrogen-bond donors (Lipinski definition) is 2. The summed E-state index contributed by atoms with van der Waals surface area (Å²) in [5.41, 5.74) is 6.47. The first-order valence-corrected chi connectivity index (χ1v) is 5.25. The monoisotopic (exact) mass is 208 g/mol. The molecule has 0 saturated carbocycles. The Morgan fingerprint density at radius 3 is 2.87 bits per heavy atom. The Morgan fingerprint density at radius 1 is 1.47 bits per heavy atom. The van der Waals surface area contributed by atoms with E-state index in [0.29, 0.717) is 5.82 Å².